The van der Waals surface area contributed by atoms with Gasteiger partial charge in [0.1, 0.15) is 11.4 Å². The molecule has 0 bridgehead atoms. The summed E-state index contributed by atoms with van der Waals surface area (Å²) in [6, 6.07) is 0. The molecule has 0 radical (unpaired) electrons. The van der Waals surface area contributed by atoms with Crippen molar-refractivity contribution in [3.8, 4) is 0 Å². The average Bonchev–Trinajstić information content (AvgIpc) is 2.89. The van der Waals surface area contributed by atoms with Gasteiger partial charge >= 0.3 is 5.97 Å². The Morgan fingerprint density at radius 2 is 1.86 bits per heavy atom. The van der Waals surface area contributed by atoms with Crippen LogP contribution < -0.4 is 5.32 Å². The van der Waals surface area contributed by atoms with Crippen molar-refractivity contribution in [2.24, 2.45) is 13.0 Å². The van der Waals surface area contributed by atoms with Gasteiger partial charge in [-0.3, -0.25) is 14.4 Å². The molecule has 2 aliphatic rings. The number of piperidine rings is 1. The third-order valence-electron chi connectivity index (χ3n) is 5.88. The van der Waals surface area contributed by atoms with Gasteiger partial charge in [0.05, 0.1) is 19.3 Å². The van der Waals surface area contributed by atoms with Crippen LogP contribution >= 0.6 is 0 Å². The second-order valence-electron chi connectivity index (χ2n) is 8.26. The Hall–Kier alpha value is -1.93. The third-order valence-corrected chi connectivity index (χ3v) is 5.88. The Morgan fingerprint density at radius 3 is 2.59 bits per heavy atom. The number of carbonyl (C=O) groups is 2. The molecular formula is C21H35N5O3. The van der Waals surface area contributed by atoms with Crippen molar-refractivity contribution in [3.05, 3.63) is 11.8 Å². The third kappa shape index (κ3) is 6.27. The highest BCUT2D eigenvalue weighted by Gasteiger charge is 2.25. The van der Waals surface area contributed by atoms with Crippen molar-refractivity contribution in [2.45, 2.75) is 45.4 Å². The molecule has 1 aromatic rings. The lowest BCUT2D eigenvalue weighted by atomic mass is 9.97. The van der Waals surface area contributed by atoms with E-state index < -0.39 is 5.97 Å². The minimum absolute atomic E-state index is 0.116. The molecule has 8 heteroatoms. The largest absolute Gasteiger partial charge is 0.462 e. The Labute approximate surface area is 173 Å². The van der Waals surface area contributed by atoms with Crippen molar-refractivity contribution in [1.29, 1.82) is 0 Å². The van der Waals surface area contributed by atoms with Gasteiger partial charge in [-0.15, -0.1) is 0 Å². The maximum atomic E-state index is 12.6. The second kappa shape index (κ2) is 10.7. The highest BCUT2D eigenvalue weighted by Crippen LogP contribution is 2.20. The number of aryl methyl sites for hydroxylation is 1. The Balaban J connectivity index is 1.51. The van der Waals surface area contributed by atoms with E-state index in [2.05, 4.69) is 20.2 Å². The lowest BCUT2D eigenvalue weighted by Crippen LogP contribution is -2.44. The number of anilines is 1. The van der Waals surface area contributed by atoms with Gasteiger partial charge in [0.2, 0.25) is 5.91 Å². The number of ether oxygens (including phenoxy) is 1. The number of esters is 1. The molecule has 2 saturated heterocycles. The first-order valence-electron chi connectivity index (χ1n) is 11.0. The number of nitrogens with one attached hydrogen (secondary N) is 1. The van der Waals surface area contributed by atoms with E-state index in [1.807, 2.05) is 0 Å². The van der Waals surface area contributed by atoms with E-state index >= 15 is 0 Å². The lowest BCUT2D eigenvalue weighted by Gasteiger charge is -2.35. The second-order valence-corrected chi connectivity index (χ2v) is 8.26. The van der Waals surface area contributed by atoms with Gasteiger partial charge in [-0.05, 0) is 58.2 Å². The summed E-state index contributed by atoms with van der Waals surface area (Å²) in [6.07, 6.45) is 9.14. The van der Waals surface area contributed by atoms with Crippen LogP contribution in [0.15, 0.2) is 6.20 Å². The molecule has 2 fully saturated rings. The predicted octanol–water partition coefficient (Wildman–Crippen LogP) is 2.12. The lowest BCUT2D eigenvalue weighted by molar-refractivity contribution is -0.117. The average molecular weight is 406 g/mol. The van der Waals surface area contributed by atoms with Crippen molar-refractivity contribution < 1.29 is 14.3 Å². The molecular weight excluding hydrogens is 370 g/mol. The zero-order valence-electron chi connectivity index (χ0n) is 17.9. The molecule has 162 valence electrons. The maximum absolute atomic E-state index is 12.6. The topological polar surface area (TPSA) is 79.7 Å². The maximum Gasteiger partial charge on any atom is 0.343 e. The van der Waals surface area contributed by atoms with E-state index in [-0.39, 0.29) is 12.5 Å². The normalized spacial score (nSPS) is 21.5. The fourth-order valence-electron chi connectivity index (χ4n) is 4.45. The zero-order chi connectivity index (χ0) is 20.6. The highest BCUT2D eigenvalue weighted by atomic mass is 16.5. The molecule has 0 saturated carbocycles. The Morgan fingerprint density at radius 1 is 1.14 bits per heavy atom. The SMILES string of the molecule is CCOC(=O)c1cnn(C)c1NC(=O)CN1CCCC(CN2CCCCCC2)C1. The molecule has 29 heavy (non-hydrogen) atoms. The zero-order valence-corrected chi connectivity index (χ0v) is 17.9. The van der Waals surface area contributed by atoms with Crippen LogP contribution in [0.2, 0.25) is 0 Å². The minimum Gasteiger partial charge on any atom is -0.462 e. The van der Waals surface area contributed by atoms with E-state index in [1.165, 1.54) is 56.1 Å². The van der Waals surface area contributed by atoms with E-state index in [0.717, 1.165) is 26.1 Å². The number of aromatic nitrogens is 2. The Bertz CT molecular complexity index is 682. The number of amides is 1. The van der Waals surface area contributed by atoms with E-state index in [4.69, 9.17) is 4.74 Å². The van der Waals surface area contributed by atoms with Gasteiger partial charge in [0.15, 0.2) is 0 Å². The molecule has 1 unspecified atom stereocenters. The van der Waals surface area contributed by atoms with Crippen LogP contribution in [0.25, 0.3) is 0 Å². The molecule has 3 heterocycles. The Kier molecular flexibility index (Phi) is 8.06. The molecule has 8 nitrogen and oxygen atoms in total. The number of carbonyl (C=O) groups excluding carboxylic acids is 2. The molecule has 0 aromatic carbocycles. The molecule has 2 aliphatic heterocycles. The first-order chi connectivity index (χ1) is 14.1. The van der Waals surface area contributed by atoms with Crippen molar-refractivity contribution in [2.75, 3.05) is 51.2 Å². The van der Waals surface area contributed by atoms with Gasteiger partial charge in [-0.25, -0.2) is 4.79 Å². The smallest absolute Gasteiger partial charge is 0.343 e. The molecule has 0 spiro atoms. The summed E-state index contributed by atoms with van der Waals surface area (Å²) >= 11 is 0. The predicted molar refractivity (Wildman–Crippen MR) is 112 cm³/mol. The number of rotatable bonds is 7. The van der Waals surface area contributed by atoms with Crippen LogP contribution in [0.4, 0.5) is 5.82 Å². The van der Waals surface area contributed by atoms with E-state index in [9.17, 15) is 9.59 Å². The van der Waals surface area contributed by atoms with Crippen molar-refractivity contribution in [1.82, 2.24) is 19.6 Å². The van der Waals surface area contributed by atoms with Gasteiger partial charge in [-0.2, -0.15) is 5.10 Å². The van der Waals surface area contributed by atoms with Gasteiger partial charge in [0, 0.05) is 20.1 Å². The summed E-state index contributed by atoms with van der Waals surface area (Å²) < 4.78 is 6.55. The fraction of sp³-hybridized carbons (Fsp3) is 0.762. The minimum atomic E-state index is -0.466. The number of nitrogens with zero attached hydrogens (tertiary/aromatic N) is 4. The van der Waals surface area contributed by atoms with Crippen LogP contribution in [-0.4, -0.2) is 77.3 Å². The standard InChI is InChI=1S/C21H35N5O3/c1-3-29-21(28)18-13-22-24(2)20(18)23-19(27)16-26-12-8-9-17(15-26)14-25-10-6-4-5-7-11-25/h13,17H,3-12,14-16H2,1-2H3,(H,23,27). The number of hydrogen-bond acceptors (Lipinski definition) is 6. The summed E-state index contributed by atoms with van der Waals surface area (Å²) in [5.41, 5.74) is 0.292. The molecule has 0 aliphatic carbocycles. The van der Waals surface area contributed by atoms with Gasteiger partial charge < -0.3 is 15.0 Å². The molecule has 3 rings (SSSR count). The first-order valence-corrected chi connectivity index (χ1v) is 11.0. The quantitative estimate of drug-likeness (QED) is 0.700. The fourth-order valence-corrected chi connectivity index (χ4v) is 4.45. The van der Waals surface area contributed by atoms with Crippen LogP contribution in [-0.2, 0) is 16.6 Å². The van der Waals surface area contributed by atoms with Crippen LogP contribution in [0, 0.1) is 5.92 Å². The molecule has 1 amide bonds. The van der Waals surface area contributed by atoms with Crippen molar-refractivity contribution >= 4 is 17.7 Å². The number of likely N-dealkylation sites (tertiary alicyclic amines) is 2. The monoisotopic (exact) mass is 405 g/mol. The van der Waals surface area contributed by atoms with E-state index in [1.54, 1.807) is 14.0 Å². The summed E-state index contributed by atoms with van der Waals surface area (Å²) in [4.78, 5) is 29.6. The molecule has 1 N–H and O–H groups in total. The highest BCUT2D eigenvalue weighted by molar-refractivity contribution is 6.00. The van der Waals surface area contributed by atoms with Crippen molar-refractivity contribution in [3.63, 3.8) is 0 Å². The molecule has 1 atom stereocenters. The van der Waals surface area contributed by atoms with Crippen LogP contribution in [0.3, 0.4) is 0 Å². The summed E-state index contributed by atoms with van der Waals surface area (Å²) in [6.45, 7) is 7.86. The number of hydrogen-bond donors (Lipinski definition) is 1. The molecule has 1 aromatic heterocycles. The summed E-state index contributed by atoms with van der Waals surface area (Å²) in [5, 5.41) is 6.95. The summed E-state index contributed by atoms with van der Waals surface area (Å²) in [5.74, 6) is 0.439. The van der Waals surface area contributed by atoms with Crippen LogP contribution in [0.5, 0.6) is 0 Å². The summed E-state index contributed by atoms with van der Waals surface area (Å²) in [7, 11) is 1.70. The van der Waals surface area contributed by atoms with Gasteiger partial charge in [-0.1, -0.05) is 12.8 Å². The van der Waals surface area contributed by atoms with Gasteiger partial charge in [0.25, 0.3) is 0 Å². The van der Waals surface area contributed by atoms with E-state index in [0.29, 0.717) is 23.8 Å². The first kappa shape index (κ1) is 21.8. The van der Waals surface area contributed by atoms with Crippen LogP contribution in [0.1, 0.15) is 55.8 Å².